The van der Waals surface area contributed by atoms with Gasteiger partial charge in [-0.3, -0.25) is 9.59 Å². The number of rotatable bonds is 4. The van der Waals surface area contributed by atoms with Crippen molar-refractivity contribution >= 4 is 46.4 Å². The summed E-state index contributed by atoms with van der Waals surface area (Å²) < 4.78 is 0. The minimum absolute atomic E-state index is 0.328. The topological polar surface area (TPSA) is 37.4 Å². The van der Waals surface area contributed by atoms with Gasteiger partial charge in [0.2, 0.25) is 0 Å². The first-order valence-corrected chi connectivity index (χ1v) is 10.8. The zero-order chi connectivity index (χ0) is 21.4. The lowest BCUT2D eigenvalue weighted by atomic mass is 9.98. The van der Waals surface area contributed by atoms with Gasteiger partial charge in [0.05, 0.1) is 16.2 Å². The third-order valence-electron chi connectivity index (χ3n) is 5.07. The van der Waals surface area contributed by atoms with Crippen LogP contribution in [0.25, 0.3) is 5.57 Å². The molecule has 0 aromatic heterocycles. The van der Waals surface area contributed by atoms with Crippen LogP contribution in [0.5, 0.6) is 0 Å². The summed E-state index contributed by atoms with van der Waals surface area (Å²) >= 11 is 7.60. The molecular formula is C25H20ClNO2S. The Morgan fingerprint density at radius 2 is 1.53 bits per heavy atom. The van der Waals surface area contributed by atoms with Gasteiger partial charge < -0.3 is 0 Å². The molecule has 5 heteroatoms. The van der Waals surface area contributed by atoms with E-state index in [-0.39, 0.29) is 11.8 Å². The maximum absolute atomic E-state index is 13.5. The Labute approximate surface area is 185 Å². The molecule has 0 N–H and O–H groups in total. The van der Waals surface area contributed by atoms with E-state index in [1.807, 2.05) is 75.4 Å². The van der Waals surface area contributed by atoms with Crippen LogP contribution < -0.4 is 4.90 Å². The second-order valence-corrected chi connectivity index (χ2v) is 8.81. The standard InChI is InChI=1S/C25H20ClNO2S/c1-15-9-12-20(17(3)13-15)22-23(30-19-7-5-4-6-8-19)25(29)27(24(22)28)18-11-10-16(2)21(26)14-18/h4-14H,1-3H3. The van der Waals surface area contributed by atoms with Crippen molar-refractivity contribution in [1.29, 1.82) is 0 Å². The van der Waals surface area contributed by atoms with Crippen molar-refractivity contribution < 1.29 is 9.59 Å². The van der Waals surface area contributed by atoms with Crippen molar-refractivity contribution in [2.45, 2.75) is 25.7 Å². The van der Waals surface area contributed by atoms with Crippen molar-refractivity contribution in [2.24, 2.45) is 0 Å². The molecule has 0 unspecified atom stereocenters. The molecule has 3 aromatic rings. The Kier molecular flexibility index (Phi) is 5.54. The molecule has 0 aliphatic carbocycles. The minimum Gasteiger partial charge on any atom is -0.268 e. The molecule has 2 amide bonds. The van der Waals surface area contributed by atoms with Gasteiger partial charge in [0.1, 0.15) is 0 Å². The van der Waals surface area contributed by atoms with Gasteiger partial charge in [-0.2, -0.15) is 0 Å². The molecule has 0 bridgehead atoms. The Balaban J connectivity index is 1.86. The molecule has 1 aliphatic rings. The molecule has 3 aromatic carbocycles. The summed E-state index contributed by atoms with van der Waals surface area (Å²) in [5.74, 6) is -0.658. The van der Waals surface area contributed by atoms with Gasteiger partial charge in [-0.15, -0.1) is 0 Å². The third-order valence-corrected chi connectivity index (χ3v) is 6.57. The van der Waals surface area contributed by atoms with Crippen LogP contribution in [-0.4, -0.2) is 11.8 Å². The van der Waals surface area contributed by atoms with Crippen molar-refractivity contribution in [3.63, 3.8) is 0 Å². The largest absolute Gasteiger partial charge is 0.272 e. The van der Waals surface area contributed by atoms with E-state index < -0.39 is 0 Å². The molecule has 0 atom stereocenters. The number of hydrogen-bond acceptors (Lipinski definition) is 3. The average Bonchev–Trinajstić information content (AvgIpc) is 2.95. The molecule has 30 heavy (non-hydrogen) atoms. The van der Waals surface area contributed by atoms with Crippen molar-refractivity contribution in [3.05, 3.63) is 98.9 Å². The minimum atomic E-state index is -0.330. The smallest absolute Gasteiger partial charge is 0.268 e. The fourth-order valence-corrected chi connectivity index (χ4v) is 4.68. The fourth-order valence-electron chi connectivity index (χ4n) is 3.50. The van der Waals surface area contributed by atoms with Crippen molar-refractivity contribution in [1.82, 2.24) is 0 Å². The van der Waals surface area contributed by atoms with Gasteiger partial charge in [0, 0.05) is 9.92 Å². The first kappa shape index (κ1) is 20.5. The zero-order valence-electron chi connectivity index (χ0n) is 16.9. The molecule has 0 saturated carbocycles. The summed E-state index contributed by atoms with van der Waals surface area (Å²) in [4.78, 5) is 29.6. The van der Waals surface area contributed by atoms with Crippen LogP contribution in [0.4, 0.5) is 5.69 Å². The number of halogens is 1. The molecule has 1 aliphatic heterocycles. The van der Waals surface area contributed by atoms with E-state index in [4.69, 9.17) is 11.6 Å². The number of anilines is 1. The van der Waals surface area contributed by atoms with Gasteiger partial charge in [-0.1, -0.05) is 71.4 Å². The van der Waals surface area contributed by atoms with Crippen LogP contribution in [0.1, 0.15) is 22.3 Å². The number of carbonyl (C=O) groups is 2. The van der Waals surface area contributed by atoms with Crippen molar-refractivity contribution in [2.75, 3.05) is 4.90 Å². The van der Waals surface area contributed by atoms with Gasteiger partial charge in [0.15, 0.2) is 0 Å². The summed E-state index contributed by atoms with van der Waals surface area (Å²) in [5.41, 5.74) is 4.64. The number of hydrogen-bond donors (Lipinski definition) is 0. The molecule has 3 nitrogen and oxygen atoms in total. The molecule has 0 fully saturated rings. The summed E-state index contributed by atoms with van der Waals surface area (Å²) in [6.07, 6.45) is 0. The SMILES string of the molecule is Cc1ccc(C2=C(Sc3ccccc3)C(=O)N(c3ccc(C)c(Cl)c3)C2=O)c(C)c1. The summed E-state index contributed by atoms with van der Waals surface area (Å²) in [6.45, 7) is 5.85. The first-order chi connectivity index (χ1) is 14.4. The van der Waals surface area contributed by atoms with Crippen LogP contribution in [-0.2, 0) is 9.59 Å². The zero-order valence-corrected chi connectivity index (χ0v) is 18.5. The quantitative estimate of drug-likeness (QED) is 0.450. The number of thioether (sulfide) groups is 1. The van der Waals surface area contributed by atoms with E-state index in [0.717, 1.165) is 27.1 Å². The van der Waals surface area contributed by atoms with Crippen LogP contribution in [0.3, 0.4) is 0 Å². The highest BCUT2D eigenvalue weighted by molar-refractivity contribution is 8.04. The highest BCUT2D eigenvalue weighted by atomic mass is 35.5. The van der Waals surface area contributed by atoms with Crippen LogP contribution in [0.2, 0.25) is 5.02 Å². The van der Waals surface area contributed by atoms with E-state index in [0.29, 0.717) is 21.2 Å². The lowest BCUT2D eigenvalue weighted by Gasteiger charge is -2.16. The van der Waals surface area contributed by atoms with Gasteiger partial charge in [-0.05, 0) is 61.7 Å². The second-order valence-electron chi connectivity index (χ2n) is 7.32. The Morgan fingerprint density at radius 1 is 0.800 bits per heavy atom. The lowest BCUT2D eigenvalue weighted by molar-refractivity contribution is -0.119. The molecule has 4 rings (SSSR count). The number of benzene rings is 3. The maximum Gasteiger partial charge on any atom is 0.272 e. The predicted molar refractivity (Wildman–Crippen MR) is 124 cm³/mol. The molecule has 0 saturated heterocycles. The van der Waals surface area contributed by atoms with Crippen LogP contribution in [0.15, 0.2) is 76.5 Å². The highest BCUT2D eigenvalue weighted by Crippen LogP contribution is 2.42. The maximum atomic E-state index is 13.5. The summed E-state index contributed by atoms with van der Waals surface area (Å²) in [5, 5.41) is 0.519. The number of imide groups is 1. The fraction of sp³-hybridized carbons (Fsp3) is 0.120. The third kappa shape index (κ3) is 3.69. The molecule has 1 heterocycles. The van der Waals surface area contributed by atoms with E-state index >= 15 is 0 Å². The highest BCUT2D eigenvalue weighted by Gasteiger charge is 2.41. The van der Waals surface area contributed by atoms with E-state index in [1.54, 1.807) is 12.1 Å². The number of amides is 2. The van der Waals surface area contributed by atoms with E-state index in [1.165, 1.54) is 16.7 Å². The summed E-state index contributed by atoms with van der Waals surface area (Å²) in [6, 6.07) is 20.8. The predicted octanol–water partition coefficient (Wildman–Crippen LogP) is 6.34. The van der Waals surface area contributed by atoms with Crippen LogP contribution in [0, 0.1) is 20.8 Å². The number of aryl methyl sites for hydroxylation is 3. The van der Waals surface area contributed by atoms with Crippen LogP contribution >= 0.6 is 23.4 Å². The Morgan fingerprint density at radius 3 is 2.20 bits per heavy atom. The summed E-state index contributed by atoms with van der Waals surface area (Å²) in [7, 11) is 0. The molecule has 0 spiro atoms. The normalized spacial score (nSPS) is 14.1. The molecule has 0 radical (unpaired) electrons. The van der Waals surface area contributed by atoms with E-state index in [2.05, 4.69) is 0 Å². The lowest BCUT2D eigenvalue weighted by Crippen LogP contribution is -2.31. The van der Waals surface area contributed by atoms with Crippen molar-refractivity contribution in [3.8, 4) is 0 Å². The second kappa shape index (κ2) is 8.13. The Hall–Kier alpha value is -2.82. The Bertz CT molecular complexity index is 1200. The number of nitrogens with zero attached hydrogens (tertiary/aromatic N) is 1. The first-order valence-electron chi connectivity index (χ1n) is 9.56. The van der Waals surface area contributed by atoms with Gasteiger partial charge >= 0.3 is 0 Å². The van der Waals surface area contributed by atoms with E-state index in [9.17, 15) is 9.59 Å². The monoisotopic (exact) mass is 433 g/mol. The van der Waals surface area contributed by atoms with Gasteiger partial charge in [0.25, 0.3) is 11.8 Å². The number of carbonyl (C=O) groups excluding carboxylic acids is 2. The van der Waals surface area contributed by atoms with Gasteiger partial charge in [-0.25, -0.2) is 4.90 Å². The molecule has 150 valence electrons. The molecular weight excluding hydrogens is 414 g/mol. The average molecular weight is 434 g/mol.